The van der Waals surface area contributed by atoms with Gasteiger partial charge in [-0.3, -0.25) is 0 Å². The summed E-state index contributed by atoms with van der Waals surface area (Å²) in [5, 5.41) is 3.19. The van der Waals surface area contributed by atoms with Gasteiger partial charge in [0.05, 0.1) is 0 Å². The van der Waals surface area contributed by atoms with Gasteiger partial charge in [-0.05, 0) is 13.3 Å². The van der Waals surface area contributed by atoms with Crippen LogP contribution in [0, 0.1) is 0 Å². The predicted molar refractivity (Wildman–Crippen MR) is 44.8 cm³/mol. The van der Waals surface area contributed by atoms with E-state index in [9.17, 15) is 0 Å². The molecule has 0 aromatic heterocycles. The van der Waals surface area contributed by atoms with Crippen molar-refractivity contribution >= 4 is 0 Å². The maximum atomic E-state index is 5.66. The average molecular weight is 145 g/mol. The smallest absolute Gasteiger partial charge is 0.0162 e. The second-order valence-electron chi connectivity index (χ2n) is 2.80. The summed E-state index contributed by atoms with van der Waals surface area (Å²) in [6.45, 7) is 5.79. The Morgan fingerprint density at radius 2 is 1.90 bits per heavy atom. The van der Waals surface area contributed by atoms with Crippen LogP contribution in [0.5, 0.6) is 0 Å². The maximum absolute atomic E-state index is 5.66. The van der Waals surface area contributed by atoms with Crippen LogP contribution in [0.4, 0.5) is 0 Å². The molecular weight excluding hydrogens is 126 g/mol. The fourth-order valence-electron chi connectivity index (χ4n) is 0.641. The molecular formula is C7H19N3. The minimum atomic E-state index is 0.226. The Hall–Kier alpha value is -0.120. The van der Waals surface area contributed by atoms with Crippen LogP contribution >= 0.6 is 0 Å². The molecule has 0 spiro atoms. The number of rotatable bonds is 5. The van der Waals surface area contributed by atoms with Gasteiger partial charge in [0.2, 0.25) is 0 Å². The van der Waals surface area contributed by atoms with Crippen LogP contribution in [0.15, 0.2) is 0 Å². The Balaban J connectivity index is 3.03. The molecule has 0 bridgehead atoms. The minimum Gasteiger partial charge on any atom is -0.327 e. The molecule has 2 unspecified atom stereocenters. The Morgan fingerprint density at radius 1 is 1.30 bits per heavy atom. The van der Waals surface area contributed by atoms with Gasteiger partial charge in [-0.1, -0.05) is 6.92 Å². The molecule has 0 fully saturated rings. The third-order valence-electron chi connectivity index (χ3n) is 1.40. The fraction of sp³-hybridized carbons (Fsp3) is 1.00. The number of hydrogen-bond donors (Lipinski definition) is 3. The average Bonchev–Trinajstić information content (AvgIpc) is 1.87. The van der Waals surface area contributed by atoms with Crippen molar-refractivity contribution in [3.8, 4) is 0 Å². The molecule has 3 heteroatoms. The van der Waals surface area contributed by atoms with Crippen molar-refractivity contribution < 1.29 is 0 Å². The molecule has 2 atom stereocenters. The summed E-state index contributed by atoms with van der Waals surface area (Å²) in [7, 11) is 0. The first-order valence-electron chi connectivity index (χ1n) is 3.88. The molecule has 0 aromatic rings. The topological polar surface area (TPSA) is 64.1 Å². The molecule has 5 N–H and O–H groups in total. The zero-order valence-corrected chi connectivity index (χ0v) is 6.93. The highest BCUT2D eigenvalue weighted by Gasteiger charge is 1.97. The lowest BCUT2D eigenvalue weighted by atomic mass is 10.2. The molecule has 10 heavy (non-hydrogen) atoms. The van der Waals surface area contributed by atoms with Crippen LogP contribution in [0.2, 0.25) is 0 Å². The number of hydrogen-bond acceptors (Lipinski definition) is 3. The highest BCUT2D eigenvalue weighted by atomic mass is 14.9. The summed E-state index contributed by atoms with van der Waals surface area (Å²) >= 11 is 0. The van der Waals surface area contributed by atoms with Gasteiger partial charge in [0.25, 0.3) is 0 Å². The van der Waals surface area contributed by atoms with E-state index in [4.69, 9.17) is 11.5 Å². The normalized spacial score (nSPS) is 16.8. The third-order valence-corrected chi connectivity index (χ3v) is 1.40. The van der Waals surface area contributed by atoms with Crippen molar-refractivity contribution in [1.29, 1.82) is 0 Å². The first-order chi connectivity index (χ1) is 4.66. The molecule has 0 saturated heterocycles. The van der Waals surface area contributed by atoms with Crippen LogP contribution in [0.3, 0.4) is 0 Å². The van der Waals surface area contributed by atoms with E-state index in [0.29, 0.717) is 0 Å². The van der Waals surface area contributed by atoms with E-state index < -0.39 is 0 Å². The molecule has 0 radical (unpaired) electrons. The maximum Gasteiger partial charge on any atom is 0.0162 e. The van der Waals surface area contributed by atoms with Gasteiger partial charge in [0.1, 0.15) is 0 Å². The number of nitrogens with two attached hydrogens (primary N) is 2. The predicted octanol–water partition coefficient (Wildman–Crippen LogP) is -0.339. The molecule has 0 heterocycles. The van der Waals surface area contributed by atoms with Crippen molar-refractivity contribution in [3.63, 3.8) is 0 Å². The van der Waals surface area contributed by atoms with E-state index in [1.165, 1.54) is 0 Å². The molecule has 0 aromatic carbocycles. The second-order valence-corrected chi connectivity index (χ2v) is 2.80. The van der Waals surface area contributed by atoms with Gasteiger partial charge in [-0.15, -0.1) is 0 Å². The molecule has 0 amide bonds. The quantitative estimate of drug-likeness (QED) is 0.496. The molecule has 0 rings (SSSR count). The van der Waals surface area contributed by atoms with Crippen LogP contribution in [0.1, 0.15) is 20.3 Å². The van der Waals surface area contributed by atoms with Gasteiger partial charge < -0.3 is 16.8 Å². The van der Waals surface area contributed by atoms with E-state index in [-0.39, 0.29) is 12.1 Å². The van der Waals surface area contributed by atoms with Crippen molar-refractivity contribution in [2.45, 2.75) is 32.4 Å². The Kier molecular flexibility index (Phi) is 5.58. The molecule has 0 aliphatic heterocycles. The van der Waals surface area contributed by atoms with Crippen molar-refractivity contribution in [1.82, 2.24) is 5.32 Å². The third kappa shape index (κ3) is 6.01. The van der Waals surface area contributed by atoms with E-state index in [1.807, 2.05) is 6.92 Å². The van der Waals surface area contributed by atoms with Crippen molar-refractivity contribution in [3.05, 3.63) is 0 Å². The van der Waals surface area contributed by atoms with Gasteiger partial charge in [0, 0.05) is 25.2 Å². The van der Waals surface area contributed by atoms with Crippen LogP contribution in [-0.2, 0) is 0 Å². The second kappa shape index (κ2) is 5.65. The molecule has 0 aliphatic rings. The summed E-state index contributed by atoms with van der Waals surface area (Å²) in [6.07, 6.45) is 1.02. The van der Waals surface area contributed by atoms with Gasteiger partial charge >= 0.3 is 0 Å². The van der Waals surface area contributed by atoms with Crippen LogP contribution in [-0.4, -0.2) is 25.2 Å². The zero-order chi connectivity index (χ0) is 7.98. The summed E-state index contributed by atoms with van der Waals surface area (Å²) in [5.74, 6) is 0. The van der Waals surface area contributed by atoms with E-state index >= 15 is 0 Å². The van der Waals surface area contributed by atoms with Crippen LogP contribution in [0.25, 0.3) is 0 Å². The summed E-state index contributed by atoms with van der Waals surface area (Å²) in [4.78, 5) is 0. The molecule has 0 aliphatic carbocycles. The molecule has 0 saturated carbocycles. The highest BCUT2D eigenvalue weighted by Crippen LogP contribution is 1.81. The van der Waals surface area contributed by atoms with Crippen molar-refractivity contribution in [2.75, 3.05) is 13.1 Å². The van der Waals surface area contributed by atoms with Crippen LogP contribution < -0.4 is 16.8 Å². The minimum absolute atomic E-state index is 0.226. The van der Waals surface area contributed by atoms with E-state index in [0.717, 1.165) is 19.5 Å². The summed E-state index contributed by atoms with van der Waals surface area (Å²) < 4.78 is 0. The number of nitrogens with one attached hydrogen (secondary N) is 1. The van der Waals surface area contributed by atoms with E-state index in [1.54, 1.807) is 0 Å². The lowest BCUT2D eigenvalue weighted by Gasteiger charge is -2.11. The zero-order valence-electron chi connectivity index (χ0n) is 6.93. The molecule has 62 valence electrons. The first-order valence-corrected chi connectivity index (χ1v) is 3.88. The largest absolute Gasteiger partial charge is 0.327 e. The lowest BCUT2D eigenvalue weighted by molar-refractivity contribution is 0.537. The van der Waals surface area contributed by atoms with Crippen molar-refractivity contribution in [2.24, 2.45) is 11.5 Å². The standard InChI is InChI=1S/C7H19N3/c1-3-7(9)5-10-4-6(2)8/h6-7,10H,3-5,8-9H2,1-2H3. The first kappa shape index (κ1) is 9.88. The Morgan fingerprint density at radius 3 is 2.30 bits per heavy atom. The lowest BCUT2D eigenvalue weighted by Crippen LogP contribution is -2.38. The van der Waals surface area contributed by atoms with Gasteiger partial charge in [-0.2, -0.15) is 0 Å². The summed E-state index contributed by atoms with van der Waals surface area (Å²) in [5.41, 5.74) is 11.2. The SMILES string of the molecule is CCC(N)CNCC(C)N. The Bertz CT molecular complexity index is 73.3. The summed E-state index contributed by atoms with van der Waals surface area (Å²) in [6, 6.07) is 0.503. The van der Waals surface area contributed by atoms with Gasteiger partial charge in [-0.25, -0.2) is 0 Å². The van der Waals surface area contributed by atoms with Gasteiger partial charge in [0.15, 0.2) is 0 Å². The fourth-order valence-corrected chi connectivity index (χ4v) is 0.641. The monoisotopic (exact) mass is 145 g/mol. The molecule has 3 nitrogen and oxygen atoms in total. The van der Waals surface area contributed by atoms with E-state index in [2.05, 4.69) is 12.2 Å². The highest BCUT2D eigenvalue weighted by molar-refractivity contribution is 4.64. The Labute approximate surface area is 63.2 Å².